The summed E-state index contributed by atoms with van der Waals surface area (Å²) >= 11 is 1.47. The molecule has 4 atom stereocenters. The van der Waals surface area contributed by atoms with Crippen molar-refractivity contribution in [2.45, 2.75) is 76.4 Å². The number of hydrogen-bond donors (Lipinski definition) is 1. The summed E-state index contributed by atoms with van der Waals surface area (Å²) in [7, 11) is 1.65. The van der Waals surface area contributed by atoms with E-state index in [2.05, 4.69) is 47.8 Å². The van der Waals surface area contributed by atoms with Crippen molar-refractivity contribution >= 4 is 17.7 Å². The highest BCUT2D eigenvalue weighted by atomic mass is 32.2. The van der Waals surface area contributed by atoms with Crippen molar-refractivity contribution in [2.24, 2.45) is 11.8 Å². The third-order valence-electron chi connectivity index (χ3n) is 6.22. The molecule has 0 saturated heterocycles. The maximum absolute atomic E-state index is 12.9. The van der Waals surface area contributed by atoms with E-state index >= 15 is 0 Å². The van der Waals surface area contributed by atoms with Crippen LogP contribution in [0.1, 0.15) is 59.9 Å². The Bertz CT molecular complexity index is 849. The number of carbonyl (C=O) groups excluding carboxylic acids is 1. The first kappa shape index (κ1) is 22.7. The second-order valence-electron chi connectivity index (χ2n) is 8.64. The van der Waals surface area contributed by atoms with E-state index in [4.69, 9.17) is 4.74 Å². The Kier molecular flexibility index (Phi) is 7.45. The molecule has 0 spiro atoms. The number of nitrogens with zero attached hydrogens (tertiary/aromatic N) is 3. The third kappa shape index (κ3) is 4.99. The molecule has 0 bridgehead atoms. The topological polar surface area (TPSA) is 69.0 Å². The monoisotopic (exact) mass is 430 g/mol. The zero-order valence-electron chi connectivity index (χ0n) is 18.9. The lowest BCUT2D eigenvalue weighted by atomic mass is 9.78. The van der Waals surface area contributed by atoms with E-state index < -0.39 is 0 Å². The molecule has 0 radical (unpaired) electrons. The van der Waals surface area contributed by atoms with Crippen LogP contribution < -0.4 is 10.1 Å². The van der Waals surface area contributed by atoms with Crippen molar-refractivity contribution in [3.63, 3.8) is 0 Å². The van der Waals surface area contributed by atoms with Crippen LogP contribution in [0.3, 0.4) is 0 Å². The minimum atomic E-state index is -0.236. The highest BCUT2D eigenvalue weighted by molar-refractivity contribution is 8.00. The first-order valence-corrected chi connectivity index (χ1v) is 11.8. The van der Waals surface area contributed by atoms with Gasteiger partial charge in [0.05, 0.1) is 12.4 Å². The fraction of sp³-hybridized carbons (Fsp3) is 0.609. The molecular formula is C23H34N4O2S. The minimum absolute atomic E-state index is 0.0789. The summed E-state index contributed by atoms with van der Waals surface area (Å²) in [5, 5.41) is 12.7. The van der Waals surface area contributed by atoms with Crippen LogP contribution in [0.4, 0.5) is 0 Å². The van der Waals surface area contributed by atoms with Gasteiger partial charge in [-0.25, -0.2) is 0 Å². The van der Waals surface area contributed by atoms with Gasteiger partial charge in [0.15, 0.2) is 11.0 Å². The average molecular weight is 431 g/mol. The van der Waals surface area contributed by atoms with Gasteiger partial charge in [0.1, 0.15) is 5.75 Å². The number of methoxy groups -OCH3 is 1. The molecule has 1 saturated carbocycles. The summed E-state index contributed by atoms with van der Waals surface area (Å²) in [4.78, 5) is 12.9. The van der Waals surface area contributed by atoms with E-state index in [9.17, 15) is 4.79 Å². The number of thioether (sulfide) groups is 1. The lowest BCUT2D eigenvalue weighted by molar-refractivity contribution is -0.121. The Labute approximate surface area is 184 Å². The van der Waals surface area contributed by atoms with Gasteiger partial charge in [0, 0.05) is 17.6 Å². The van der Waals surface area contributed by atoms with Gasteiger partial charge in [0.25, 0.3) is 0 Å². The summed E-state index contributed by atoms with van der Waals surface area (Å²) in [6, 6.07) is 8.25. The van der Waals surface area contributed by atoms with E-state index in [0.717, 1.165) is 28.7 Å². The van der Waals surface area contributed by atoms with Gasteiger partial charge < -0.3 is 10.1 Å². The number of benzene rings is 1. The van der Waals surface area contributed by atoms with Crippen LogP contribution in [0.25, 0.3) is 11.4 Å². The summed E-state index contributed by atoms with van der Waals surface area (Å²) < 4.78 is 7.35. The summed E-state index contributed by atoms with van der Waals surface area (Å²) in [5.74, 6) is 2.86. The molecule has 0 aliphatic heterocycles. The van der Waals surface area contributed by atoms with Crippen LogP contribution in [-0.2, 0) is 4.79 Å². The number of aromatic nitrogens is 3. The molecular weight excluding hydrogens is 396 g/mol. The number of carbonyl (C=O) groups is 1. The predicted molar refractivity (Wildman–Crippen MR) is 122 cm³/mol. The average Bonchev–Trinajstić information content (AvgIpc) is 3.15. The van der Waals surface area contributed by atoms with Crippen LogP contribution in [0, 0.1) is 11.8 Å². The molecule has 1 heterocycles. The van der Waals surface area contributed by atoms with Crippen molar-refractivity contribution in [3.05, 3.63) is 24.3 Å². The van der Waals surface area contributed by atoms with E-state index in [1.54, 1.807) is 7.11 Å². The van der Waals surface area contributed by atoms with Gasteiger partial charge in [-0.1, -0.05) is 38.5 Å². The summed E-state index contributed by atoms with van der Waals surface area (Å²) in [6.45, 7) is 10.7. The second kappa shape index (κ2) is 9.86. The predicted octanol–water partition coefficient (Wildman–Crippen LogP) is 4.96. The Morgan fingerprint density at radius 3 is 2.50 bits per heavy atom. The number of rotatable bonds is 7. The van der Waals surface area contributed by atoms with Crippen molar-refractivity contribution < 1.29 is 9.53 Å². The number of amides is 1. The molecule has 1 aliphatic rings. The maximum Gasteiger partial charge on any atom is 0.233 e. The van der Waals surface area contributed by atoms with Crippen LogP contribution in [0.15, 0.2) is 29.4 Å². The quantitative estimate of drug-likeness (QED) is 0.629. The molecule has 1 aromatic carbocycles. The standard InChI is InChI=1S/C23H34N4O2S/c1-14(2)27-21(18-10-12-19(29-6)13-11-18)25-26-23(27)30-17(5)22(28)24-20-9-7-8-15(3)16(20)4/h10-17,20H,7-9H2,1-6H3,(H,24,28). The first-order chi connectivity index (χ1) is 14.3. The Hall–Kier alpha value is -2.02. The third-order valence-corrected chi connectivity index (χ3v) is 7.27. The maximum atomic E-state index is 12.9. The highest BCUT2D eigenvalue weighted by Crippen LogP contribution is 2.32. The van der Waals surface area contributed by atoms with Gasteiger partial charge >= 0.3 is 0 Å². The van der Waals surface area contributed by atoms with Crippen molar-refractivity contribution in [1.29, 1.82) is 0 Å². The van der Waals surface area contributed by atoms with Crippen LogP contribution in [0.5, 0.6) is 5.75 Å². The van der Waals surface area contributed by atoms with Gasteiger partial charge in [0.2, 0.25) is 5.91 Å². The Morgan fingerprint density at radius 1 is 1.17 bits per heavy atom. The van der Waals surface area contributed by atoms with Gasteiger partial charge in [-0.3, -0.25) is 9.36 Å². The van der Waals surface area contributed by atoms with Crippen LogP contribution in [-0.4, -0.2) is 39.1 Å². The fourth-order valence-corrected chi connectivity index (χ4v) is 5.05. The van der Waals surface area contributed by atoms with E-state index in [1.807, 2.05) is 31.2 Å². The number of hydrogen-bond acceptors (Lipinski definition) is 5. The zero-order valence-corrected chi connectivity index (χ0v) is 19.7. The van der Waals surface area contributed by atoms with Crippen LogP contribution in [0.2, 0.25) is 0 Å². The van der Waals surface area contributed by atoms with E-state index in [-0.39, 0.29) is 23.2 Å². The lowest BCUT2D eigenvalue weighted by Crippen LogP contribution is -2.46. The normalized spacial score (nSPS) is 22.7. The molecule has 1 fully saturated rings. The molecule has 1 N–H and O–H groups in total. The molecule has 164 valence electrons. The Morgan fingerprint density at radius 2 is 1.87 bits per heavy atom. The van der Waals surface area contributed by atoms with Gasteiger partial charge in [-0.15, -0.1) is 10.2 Å². The Balaban J connectivity index is 1.73. The fourth-order valence-electron chi connectivity index (χ4n) is 4.06. The van der Waals surface area contributed by atoms with Crippen molar-refractivity contribution in [2.75, 3.05) is 7.11 Å². The van der Waals surface area contributed by atoms with Crippen molar-refractivity contribution in [3.8, 4) is 17.1 Å². The molecule has 6 nitrogen and oxygen atoms in total. The smallest absolute Gasteiger partial charge is 0.233 e. The summed E-state index contributed by atoms with van der Waals surface area (Å²) in [6.07, 6.45) is 3.51. The van der Waals surface area contributed by atoms with E-state index in [1.165, 1.54) is 24.6 Å². The number of nitrogens with one attached hydrogen (secondary N) is 1. The minimum Gasteiger partial charge on any atom is -0.497 e. The molecule has 7 heteroatoms. The summed E-state index contributed by atoms with van der Waals surface area (Å²) in [5.41, 5.74) is 0.978. The van der Waals surface area contributed by atoms with E-state index in [0.29, 0.717) is 11.8 Å². The first-order valence-electron chi connectivity index (χ1n) is 10.9. The molecule has 1 amide bonds. The molecule has 30 heavy (non-hydrogen) atoms. The SMILES string of the molecule is COc1ccc(-c2nnc(SC(C)C(=O)NC3CCCC(C)C3C)n2C(C)C)cc1. The number of ether oxygens (including phenoxy) is 1. The largest absolute Gasteiger partial charge is 0.497 e. The molecule has 3 rings (SSSR count). The second-order valence-corrected chi connectivity index (χ2v) is 9.95. The zero-order chi connectivity index (χ0) is 21.8. The highest BCUT2D eigenvalue weighted by Gasteiger charge is 2.30. The molecule has 2 aromatic rings. The lowest BCUT2D eigenvalue weighted by Gasteiger charge is -2.35. The molecule has 1 aliphatic carbocycles. The van der Waals surface area contributed by atoms with Gasteiger partial charge in [-0.2, -0.15) is 0 Å². The van der Waals surface area contributed by atoms with Crippen LogP contribution >= 0.6 is 11.8 Å². The van der Waals surface area contributed by atoms with Crippen molar-refractivity contribution in [1.82, 2.24) is 20.1 Å². The van der Waals surface area contributed by atoms with Gasteiger partial charge in [-0.05, 0) is 63.3 Å². The molecule has 4 unspecified atom stereocenters. The molecule has 1 aromatic heterocycles.